The first-order valence-electron chi connectivity index (χ1n) is 6.14. The minimum Gasteiger partial charge on any atom is -0.511 e. The Balaban J connectivity index is 2.61. The van der Waals surface area contributed by atoms with Crippen LogP contribution in [0.2, 0.25) is 0 Å². The molecular weight excluding hydrogens is 296 g/mol. The zero-order valence-corrected chi connectivity index (χ0v) is 11.4. The number of phenols is 2. The second kappa shape index (κ2) is 5.40. The molecule has 0 aliphatic carbocycles. The number of phenolic OH excluding ortho intramolecular Hbond substituents is 1. The van der Waals surface area contributed by atoms with E-state index in [4.69, 9.17) is 9.84 Å². The van der Waals surface area contributed by atoms with Crippen LogP contribution in [0.4, 0.5) is 0 Å². The van der Waals surface area contributed by atoms with E-state index in [9.17, 15) is 29.7 Å². The van der Waals surface area contributed by atoms with Crippen molar-refractivity contribution >= 4 is 17.5 Å². The molecule has 1 atom stereocenters. The molecular formula is C14H12O8. The Morgan fingerprint density at radius 1 is 1.32 bits per heavy atom. The lowest BCUT2D eigenvalue weighted by molar-refractivity contribution is -0.112. The minimum atomic E-state index is -1.64. The van der Waals surface area contributed by atoms with Gasteiger partial charge in [0.1, 0.15) is 29.6 Å². The lowest BCUT2D eigenvalue weighted by atomic mass is 9.89. The van der Waals surface area contributed by atoms with Gasteiger partial charge in [0.05, 0.1) is 5.56 Å². The molecule has 0 fully saturated rings. The highest BCUT2D eigenvalue weighted by atomic mass is 16.5. The molecule has 1 aromatic carbocycles. The second-order valence-corrected chi connectivity index (χ2v) is 4.71. The van der Waals surface area contributed by atoms with Gasteiger partial charge >= 0.3 is 5.97 Å². The maximum Gasteiger partial charge on any atom is 0.340 e. The van der Waals surface area contributed by atoms with Gasteiger partial charge in [-0.2, -0.15) is 0 Å². The minimum absolute atomic E-state index is 0.218. The molecule has 1 aromatic rings. The molecule has 0 bridgehead atoms. The zero-order valence-electron chi connectivity index (χ0n) is 11.4. The normalized spacial score (nSPS) is 17.6. The lowest BCUT2D eigenvalue weighted by Gasteiger charge is -2.25. The molecule has 1 heterocycles. The van der Waals surface area contributed by atoms with E-state index in [0.29, 0.717) is 0 Å². The standard InChI is InChI=1S/C14H12O8/c1-5(15)2-7(16)6-4-22-9-3-8(17)13(19)11(14(20)21)10(9)12(6)18/h2-3,6,16-17,19H,4H2,1H3,(H,20,21)/b7-2-. The SMILES string of the molecule is CC(=O)/C=C(\O)C1COc2cc(O)c(O)c(C(=O)O)c2C1=O. The molecule has 22 heavy (non-hydrogen) atoms. The summed E-state index contributed by atoms with van der Waals surface area (Å²) in [6.45, 7) is 0.843. The van der Waals surface area contributed by atoms with Gasteiger partial charge in [-0.15, -0.1) is 0 Å². The molecule has 8 nitrogen and oxygen atoms in total. The van der Waals surface area contributed by atoms with Crippen molar-refractivity contribution in [3.63, 3.8) is 0 Å². The molecule has 0 aromatic heterocycles. The number of aliphatic hydroxyl groups excluding tert-OH is 1. The van der Waals surface area contributed by atoms with Crippen molar-refractivity contribution in [3.05, 3.63) is 29.0 Å². The van der Waals surface area contributed by atoms with Crippen LogP contribution in [0.5, 0.6) is 17.2 Å². The number of carbonyl (C=O) groups excluding carboxylic acids is 2. The van der Waals surface area contributed by atoms with Crippen molar-refractivity contribution in [2.45, 2.75) is 6.92 Å². The summed E-state index contributed by atoms with van der Waals surface area (Å²) in [6.07, 6.45) is 0.831. The van der Waals surface area contributed by atoms with Gasteiger partial charge in [0.2, 0.25) is 0 Å². The summed E-state index contributed by atoms with van der Waals surface area (Å²) in [4.78, 5) is 34.6. The van der Waals surface area contributed by atoms with Crippen molar-refractivity contribution < 1.29 is 39.5 Å². The number of benzene rings is 1. The molecule has 8 heteroatoms. The predicted octanol–water partition coefficient (Wildman–Crippen LogP) is 1.02. The van der Waals surface area contributed by atoms with E-state index in [-0.39, 0.29) is 12.4 Å². The number of carbonyl (C=O) groups is 3. The van der Waals surface area contributed by atoms with E-state index in [1.807, 2.05) is 0 Å². The average Bonchev–Trinajstić information content (AvgIpc) is 2.39. The molecule has 0 saturated carbocycles. The van der Waals surface area contributed by atoms with Gasteiger partial charge in [0.15, 0.2) is 23.1 Å². The Labute approximate surface area is 123 Å². The van der Waals surface area contributed by atoms with E-state index in [0.717, 1.165) is 12.1 Å². The van der Waals surface area contributed by atoms with E-state index in [1.54, 1.807) is 0 Å². The highest BCUT2D eigenvalue weighted by molar-refractivity contribution is 6.12. The number of ketones is 2. The van der Waals surface area contributed by atoms with Crippen LogP contribution in [0, 0.1) is 5.92 Å². The fraction of sp³-hybridized carbons (Fsp3) is 0.214. The number of carboxylic acid groups (broad SMARTS) is 1. The van der Waals surface area contributed by atoms with Crippen LogP contribution >= 0.6 is 0 Å². The van der Waals surface area contributed by atoms with Crippen molar-refractivity contribution in [1.82, 2.24) is 0 Å². The number of ether oxygens (including phenoxy) is 1. The number of hydrogen-bond donors (Lipinski definition) is 4. The molecule has 0 spiro atoms. The van der Waals surface area contributed by atoms with Gasteiger partial charge in [-0.3, -0.25) is 9.59 Å². The Morgan fingerprint density at radius 2 is 1.95 bits per heavy atom. The molecule has 4 N–H and O–H groups in total. The molecule has 0 amide bonds. The van der Waals surface area contributed by atoms with Crippen LogP contribution in [0.1, 0.15) is 27.6 Å². The van der Waals surface area contributed by atoms with Gasteiger partial charge < -0.3 is 25.2 Å². The van der Waals surface area contributed by atoms with Crippen molar-refractivity contribution in [2.75, 3.05) is 6.61 Å². The number of Topliss-reactive ketones (excluding diaryl/α,β-unsaturated/α-hetero) is 1. The third kappa shape index (κ3) is 2.46. The van der Waals surface area contributed by atoms with Crippen LogP contribution in [0.3, 0.4) is 0 Å². The zero-order chi connectivity index (χ0) is 16.6. The quantitative estimate of drug-likeness (QED) is 0.368. The van der Waals surface area contributed by atoms with Gasteiger partial charge in [-0.1, -0.05) is 0 Å². The smallest absolute Gasteiger partial charge is 0.340 e. The lowest BCUT2D eigenvalue weighted by Crippen LogP contribution is -2.31. The topological polar surface area (TPSA) is 141 Å². The number of fused-ring (bicyclic) bond motifs is 1. The van der Waals surface area contributed by atoms with E-state index in [1.165, 1.54) is 6.92 Å². The predicted molar refractivity (Wildman–Crippen MR) is 71.4 cm³/mol. The number of aromatic carboxylic acids is 1. The Morgan fingerprint density at radius 3 is 2.50 bits per heavy atom. The highest BCUT2D eigenvalue weighted by Crippen LogP contribution is 2.42. The summed E-state index contributed by atoms with van der Waals surface area (Å²) in [5.41, 5.74) is -1.29. The Bertz CT molecular complexity index is 716. The number of aliphatic hydroxyl groups is 1. The summed E-state index contributed by atoms with van der Waals surface area (Å²) in [5.74, 6) is -6.73. The average molecular weight is 308 g/mol. The number of rotatable bonds is 3. The fourth-order valence-corrected chi connectivity index (χ4v) is 2.15. The number of aromatic hydroxyl groups is 2. The number of carboxylic acids is 1. The Kier molecular flexibility index (Phi) is 3.77. The molecule has 1 aliphatic rings. The summed E-state index contributed by atoms with van der Waals surface area (Å²) >= 11 is 0. The number of allylic oxidation sites excluding steroid dienone is 1. The van der Waals surface area contributed by atoms with E-state index >= 15 is 0 Å². The van der Waals surface area contributed by atoms with Crippen LogP contribution in [0.15, 0.2) is 17.9 Å². The summed E-state index contributed by atoms with van der Waals surface area (Å²) < 4.78 is 5.17. The summed E-state index contributed by atoms with van der Waals surface area (Å²) in [5, 5.41) is 38.0. The van der Waals surface area contributed by atoms with Crippen LogP contribution in [0.25, 0.3) is 0 Å². The molecule has 0 saturated heterocycles. The maximum atomic E-state index is 12.4. The van der Waals surface area contributed by atoms with Gasteiger partial charge in [0, 0.05) is 12.1 Å². The van der Waals surface area contributed by atoms with Crippen molar-refractivity contribution in [3.8, 4) is 17.2 Å². The molecule has 1 aliphatic heterocycles. The monoisotopic (exact) mass is 308 g/mol. The largest absolute Gasteiger partial charge is 0.511 e. The fourth-order valence-electron chi connectivity index (χ4n) is 2.15. The van der Waals surface area contributed by atoms with Gasteiger partial charge in [-0.25, -0.2) is 4.79 Å². The first-order chi connectivity index (χ1) is 10.2. The molecule has 116 valence electrons. The number of hydrogen-bond acceptors (Lipinski definition) is 7. The van der Waals surface area contributed by atoms with Crippen LogP contribution in [-0.4, -0.2) is 44.6 Å². The third-order valence-corrected chi connectivity index (χ3v) is 3.13. The van der Waals surface area contributed by atoms with Crippen LogP contribution < -0.4 is 4.74 Å². The van der Waals surface area contributed by atoms with Crippen molar-refractivity contribution in [1.29, 1.82) is 0 Å². The first-order valence-corrected chi connectivity index (χ1v) is 6.14. The van der Waals surface area contributed by atoms with Gasteiger partial charge in [0.25, 0.3) is 0 Å². The molecule has 2 rings (SSSR count). The first kappa shape index (κ1) is 15.4. The molecule has 0 radical (unpaired) electrons. The Hall–Kier alpha value is -3.03. The maximum absolute atomic E-state index is 12.4. The van der Waals surface area contributed by atoms with E-state index in [2.05, 4.69) is 0 Å². The second-order valence-electron chi connectivity index (χ2n) is 4.71. The van der Waals surface area contributed by atoms with E-state index < -0.39 is 51.8 Å². The van der Waals surface area contributed by atoms with Gasteiger partial charge in [-0.05, 0) is 6.92 Å². The van der Waals surface area contributed by atoms with Crippen LogP contribution in [-0.2, 0) is 4.79 Å². The molecule has 1 unspecified atom stereocenters. The van der Waals surface area contributed by atoms with Crippen molar-refractivity contribution in [2.24, 2.45) is 5.92 Å². The summed E-state index contributed by atoms with van der Waals surface area (Å²) in [6, 6.07) is 0.914. The third-order valence-electron chi connectivity index (χ3n) is 3.13. The summed E-state index contributed by atoms with van der Waals surface area (Å²) in [7, 11) is 0. The highest BCUT2D eigenvalue weighted by Gasteiger charge is 2.38.